The lowest BCUT2D eigenvalue weighted by Gasteiger charge is -2.28. The highest BCUT2D eigenvalue weighted by molar-refractivity contribution is 7.87. The van der Waals surface area contributed by atoms with Crippen LogP contribution in [-0.4, -0.2) is 29.0 Å². The fourth-order valence-electron chi connectivity index (χ4n) is 2.98. The summed E-state index contributed by atoms with van der Waals surface area (Å²) < 4.78 is 72.0. The van der Waals surface area contributed by atoms with Crippen molar-refractivity contribution in [3.63, 3.8) is 0 Å². The van der Waals surface area contributed by atoms with Gasteiger partial charge in [-0.25, -0.2) is 0 Å². The zero-order valence-electron chi connectivity index (χ0n) is 18.4. The van der Waals surface area contributed by atoms with Crippen LogP contribution in [0.1, 0.15) is 98.3 Å². The third-order valence-electron chi connectivity index (χ3n) is 4.59. The topological polar surface area (TPSA) is 23.9 Å². The SMILES string of the molecule is CCCCCCC(CCC)P(CCCC)CCCC.N=S(C(F)(F)F)C(F)(F)F. The van der Waals surface area contributed by atoms with E-state index in [4.69, 9.17) is 4.78 Å². The van der Waals surface area contributed by atoms with Crippen molar-refractivity contribution in [1.82, 2.24) is 0 Å². The Kier molecular flexibility index (Phi) is 19.2. The summed E-state index contributed by atoms with van der Waals surface area (Å²) in [5.74, 6) is 0. The van der Waals surface area contributed by atoms with Crippen molar-refractivity contribution in [3.05, 3.63) is 0 Å². The van der Waals surface area contributed by atoms with Crippen LogP contribution in [0.3, 0.4) is 0 Å². The lowest BCUT2D eigenvalue weighted by molar-refractivity contribution is -0.0754. The van der Waals surface area contributed by atoms with Crippen LogP contribution >= 0.6 is 7.92 Å². The summed E-state index contributed by atoms with van der Waals surface area (Å²) in [6.07, 6.45) is 19.1. The van der Waals surface area contributed by atoms with E-state index in [2.05, 4.69) is 27.7 Å². The summed E-state index contributed by atoms with van der Waals surface area (Å²) in [6, 6.07) is 0. The number of alkyl halides is 6. The van der Waals surface area contributed by atoms with Crippen LogP contribution in [0.15, 0.2) is 0 Å². The first-order valence-electron chi connectivity index (χ1n) is 10.8. The van der Waals surface area contributed by atoms with E-state index in [9.17, 15) is 26.3 Å². The van der Waals surface area contributed by atoms with Crippen LogP contribution < -0.4 is 0 Å². The fraction of sp³-hybridized carbons (Fsp3) is 1.00. The van der Waals surface area contributed by atoms with E-state index >= 15 is 0 Å². The summed E-state index contributed by atoms with van der Waals surface area (Å²) in [4.78, 5) is 0. The second-order valence-corrected chi connectivity index (χ2v) is 11.6. The van der Waals surface area contributed by atoms with Gasteiger partial charge in [0.05, 0.1) is 0 Å². The van der Waals surface area contributed by atoms with Crippen molar-refractivity contribution in [2.75, 3.05) is 12.3 Å². The Morgan fingerprint density at radius 1 is 0.655 bits per heavy atom. The molecule has 29 heavy (non-hydrogen) atoms. The molecular weight excluding hydrogens is 431 g/mol. The first-order valence-corrected chi connectivity index (χ1v) is 13.8. The van der Waals surface area contributed by atoms with Gasteiger partial charge in [-0.3, -0.25) is 4.78 Å². The predicted molar refractivity (Wildman–Crippen MR) is 116 cm³/mol. The Labute approximate surface area is 177 Å². The van der Waals surface area contributed by atoms with Crippen LogP contribution in [0.2, 0.25) is 0 Å². The van der Waals surface area contributed by atoms with Gasteiger partial charge in [-0.1, -0.05) is 72.6 Å². The normalized spacial score (nSPS) is 13.5. The molecule has 0 amide bonds. The molecule has 0 rings (SSSR count). The van der Waals surface area contributed by atoms with Gasteiger partial charge in [0.15, 0.2) is 0 Å². The summed E-state index contributed by atoms with van der Waals surface area (Å²) in [6.45, 7) is 9.40. The molecular formula is C20H40F6NPS. The van der Waals surface area contributed by atoms with Crippen molar-refractivity contribution >= 4 is 18.6 Å². The largest absolute Gasteiger partial charge is 0.460 e. The van der Waals surface area contributed by atoms with E-state index in [0.717, 1.165) is 5.66 Å². The van der Waals surface area contributed by atoms with Gasteiger partial charge >= 0.3 is 11.0 Å². The zero-order chi connectivity index (χ0) is 22.9. The Balaban J connectivity index is 0. The maximum atomic E-state index is 11.0. The average Bonchev–Trinajstić information content (AvgIpc) is 2.63. The number of rotatable bonds is 14. The molecule has 0 aliphatic rings. The van der Waals surface area contributed by atoms with Gasteiger partial charge in [0, 0.05) is 0 Å². The monoisotopic (exact) mass is 471 g/mol. The predicted octanol–water partition coefficient (Wildman–Crippen LogP) is 9.61. The van der Waals surface area contributed by atoms with Crippen molar-refractivity contribution in [2.24, 2.45) is 0 Å². The van der Waals surface area contributed by atoms with E-state index in [0.29, 0.717) is 7.92 Å². The molecule has 1 nitrogen and oxygen atoms in total. The molecule has 0 saturated heterocycles. The molecule has 0 aromatic rings. The molecule has 1 atom stereocenters. The number of halogens is 6. The minimum atomic E-state index is -5.49. The zero-order valence-corrected chi connectivity index (χ0v) is 20.1. The Hall–Kier alpha value is 0.160. The molecule has 0 heterocycles. The molecule has 0 bridgehead atoms. The molecule has 1 unspecified atom stereocenters. The van der Waals surface area contributed by atoms with Crippen molar-refractivity contribution in [2.45, 2.75) is 115 Å². The highest BCUT2D eigenvalue weighted by atomic mass is 32.2. The summed E-state index contributed by atoms with van der Waals surface area (Å²) in [7, 11) is -3.92. The van der Waals surface area contributed by atoms with Crippen LogP contribution in [0.25, 0.3) is 0 Å². The molecule has 9 heteroatoms. The second-order valence-electron chi connectivity index (χ2n) is 7.23. The van der Waals surface area contributed by atoms with Crippen LogP contribution in [0.5, 0.6) is 0 Å². The van der Waals surface area contributed by atoms with E-state index in [1.165, 1.54) is 70.6 Å². The lowest BCUT2D eigenvalue weighted by atomic mass is 10.1. The Bertz CT molecular complexity index is 377. The first kappa shape index (κ1) is 31.3. The Morgan fingerprint density at radius 2 is 1.10 bits per heavy atom. The van der Waals surface area contributed by atoms with Gasteiger partial charge in [-0.2, -0.15) is 26.3 Å². The fourth-order valence-corrected chi connectivity index (χ4v) is 6.81. The number of hydrogen-bond donors (Lipinski definition) is 1. The maximum Gasteiger partial charge on any atom is 0.460 e. The highest BCUT2D eigenvalue weighted by Crippen LogP contribution is 2.47. The van der Waals surface area contributed by atoms with Gasteiger partial charge in [0.25, 0.3) is 0 Å². The smallest absolute Gasteiger partial charge is 0.265 e. The number of nitrogens with one attached hydrogen (secondary N) is 1. The van der Waals surface area contributed by atoms with Gasteiger partial charge < -0.3 is 0 Å². The second kappa shape index (κ2) is 17.8. The molecule has 0 saturated carbocycles. The van der Waals surface area contributed by atoms with E-state index < -0.39 is 21.7 Å². The van der Waals surface area contributed by atoms with Crippen molar-refractivity contribution in [1.29, 1.82) is 4.78 Å². The van der Waals surface area contributed by atoms with Gasteiger partial charge in [0.1, 0.15) is 10.7 Å². The van der Waals surface area contributed by atoms with Crippen LogP contribution in [0.4, 0.5) is 26.3 Å². The first-order chi connectivity index (χ1) is 13.4. The molecule has 0 radical (unpaired) electrons. The molecule has 1 N–H and O–H groups in total. The molecule has 0 spiro atoms. The molecule has 0 fully saturated rings. The number of hydrogen-bond acceptors (Lipinski definition) is 1. The third-order valence-corrected chi connectivity index (χ3v) is 8.85. The molecule has 178 valence electrons. The molecule has 0 aliphatic carbocycles. The average molecular weight is 472 g/mol. The Morgan fingerprint density at radius 3 is 1.41 bits per heavy atom. The summed E-state index contributed by atoms with van der Waals surface area (Å²) in [5, 5.41) is 0. The van der Waals surface area contributed by atoms with E-state index in [1.807, 2.05) is 0 Å². The molecule has 0 aliphatic heterocycles. The third kappa shape index (κ3) is 17.5. The summed E-state index contributed by atoms with van der Waals surface area (Å²) in [5.41, 5.74) is -9.88. The lowest BCUT2D eigenvalue weighted by Crippen LogP contribution is -2.28. The van der Waals surface area contributed by atoms with E-state index in [-0.39, 0.29) is 0 Å². The van der Waals surface area contributed by atoms with E-state index in [1.54, 1.807) is 12.3 Å². The minimum absolute atomic E-state index is 0.337. The van der Waals surface area contributed by atoms with Gasteiger partial charge in [-0.15, -0.1) is 7.92 Å². The van der Waals surface area contributed by atoms with Crippen LogP contribution in [-0.2, 0) is 10.7 Å². The minimum Gasteiger partial charge on any atom is -0.265 e. The van der Waals surface area contributed by atoms with Gasteiger partial charge in [0.2, 0.25) is 0 Å². The standard InChI is InChI=1S/C18H39P.C2HF6NS/c1-5-9-12-13-15-18(14-8-4)19(16-10-6-2)17-11-7-3;3-1(4,5)10(9)2(6,7)8/h18H,5-17H2,1-4H3;9H. The molecule has 0 aromatic heterocycles. The molecule has 0 aromatic carbocycles. The summed E-state index contributed by atoms with van der Waals surface area (Å²) >= 11 is 0. The quantitative estimate of drug-likeness (QED) is 0.148. The van der Waals surface area contributed by atoms with Crippen molar-refractivity contribution in [3.8, 4) is 0 Å². The van der Waals surface area contributed by atoms with Crippen molar-refractivity contribution < 1.29 is 26.3 Å². The maximum absolute atomic E-state index is 11.0. The highest BCUT2D eigenvalue weighted by Gasteiger charge is 2.50. The number of unbranched alkanes of at least 4 members (excludes halogenated alkanes) is 5. The van der Waals surface area contributed by atoms with Crippen LogP contribution in [0, 0.1) is 4.78 Å². The van der Waals surface area contributed by atoms with Gasteiger partial charge in [-0.05, 0) is 43.7 Å².